The van der Waals surface area contributed by atoms with Gasteiger partial charge in [-0.1, -0.05) is 23.2 Å². The zero-order valence-electron chi connectivity index (χ0n) is 16.2. The molecule has 2 aromatic carbocycles. The van der Waals surface area contributed by atoms with Crippen LogP contribution in [0.1, 0.15) is 24.1 Å². The maximum atomic E-state index is 13.4. The molecule has 31 heavy (non-hydrogen) atoms. The molecule has 1 fully saturated rings. The van der Waals surface area contributed by atoms with Crippen molar-refractivity contribution in [2.45, 2.75) is 29.4 Å². The molecule has 0 spiro atoms. The van der Waals surface area contributed by atoms with E-state index in [1.165, 1.54) is 41.7 Å². The molecule has 0 aliphatic carbocycles. The first-order valence-electron chi connectivity index (χ1n) is 9.55. The summed E-state index contributed by atoms with van der Waals surface area (Å²) in [5.74, 6) is -1.23. The van der Waals surface area contributed by atoms with E-state index in [4.69, 9.17) is 23.2 Å². The number of hydrogen-bond donors (Lipinski definition) is 0. The van der Waals surface area contributed by atoms with E-state index in [0.29, 0.717) is 48.6 Å². The number of nitrogens with zero attached hydrogens (tertiary/aromatic N) is 2. The maximum Gasteiger partial charge on any atom is 0.185 e. The first-order valence-corrected chi connectivity index (χ1v) is 12.7. The fourth-order valence-corrected chi connectivity index (χ4v) is 7.08. The Labute approximate surface area is 193 Å². The van der Waals surface area contributed by atoms with Gasteiger partial charge in [0.2, 0.25) is 0 Å². The molecule has 1 saturated heterocycles. The highest BCUT2D eigenvalue weighted by molar-refractivity contribution is 7.92. The number of piperidine rings is 1. The summed E-state index contributed by atoms with van der Waals surface area (Å²) in [6, 6.07) is 7.84. The van der Waals surface area contributed by atoms with Gasteiger partial charge < -0.3 is 4.90 Å². The summed E-state index contributed by atoms with van der Waals surface area (Å²) in [6.45, 7) is 1.08. The second kappa shape index (κ2) is 9.02. The fourth-order valence-electron chi connectivity index (χ4n) is 3.69. The predicted molar refractivity (Wildman–Crippen MR) is 120 cm³/mol. The van der Waals surface area contributed by atoms with Gasteiger partial charge in [0, 0.05) is 36.0 Å². The Bertz CT molecular complexity index is 1190. The van der Waals surface area contributed by atoms with Crippen LogP contribution in [0.3, 0.4) is 0 Å². The lowest BCUT2D eigenvalue weighted by atomic mass is 10.1. The van der Waals surface area contributed by atoms with Crippen molar-refractivity contribution in [2.24, 2.45) is 0 Å². The second-order valence-electron chi connectivity index (χ2n) is 7.38. The molecule has 2 heterocycles. The van der Waals surface area contributed by atoms with Crippen LogP contribution in [-0.4, -0.2) is 31.7 Å². The van der Waals surface area contributed by atoms with Crippen LogP contribution in [0.2, 0.25) is 10.0 Å². The van der Waals surface area contributed by atoms with Gasteiger partial charge in [0.1, 0.15) is 11.6 Å². The third-order valence-electron chi connectivity index (χ3n) is 5.20. The van der Waals surface area contributed by atoms with Crippen LogP contribution in [0, 0.1) is 11.6 Å². The average molecular weight is 503 g/mol. The number of benzene rings is 2. The van der Waals surface area contributed by atoms with E-state index in [1.807, 2.05) is 10.3 Å². The summed E-state index contributed by atoms with van der Waals surface area (Å²) in [5.41, 5.74) is 1.23. The van der Waals surface area contributed by atoms with Crippen LogP contribution in [0.25, 0.3) is 0 Å². The zero-order chi connectivity index (χ0) is 22.2. The number of rotatable bonds is 5. The molecule has 10 heteroatoms. The summed E-state index contributed by atoms with van der Waals surface area (Å²) in [6.07, 6.45) is 1.22. The Morgan fingerprint density at radius 2 is 1.74 bits per heavy atom. The molecule has 4 nitrogen and oxygen atoms in total. The number of sulfone groups is 1. The first-order chi connectivity index (χ1) is 14.7. The molecule has 1 aliphatic heterocycles. The SMILES string of the molecule is O=S(=O)(c1ccc(Cl)cc1Cl)C1CCN(c2nc(Cc3cc(F)cc(F)c3)cs2)CC1. The van der Waals surface area contributed by atoms with E-state index in [9.17, 15) is 17.2 Å². The molecular weight excluding hydrogens is 485 g/mol. The molecule has 1 aliphatic rings. The van der Waals surface area contributed by atoms with Crippen molar-refractivity contribution >= 4 is 49.5 Å². The van der Waals surface area contributed by atoms with Crippen molar-refractivity contribution in [1.29, 1.82) is 0 Å². The summed E-state index contributed by atoms with van der Waals surface area (Å²) in [5, 5.41) is 2.62. The lowest BCUT2D eigenvalue weighted by Gasteiger charge is -2.31. The molecule has 0 unspecified atom stereocenters. The van der Waals surface area contributed by atoms with Gasteiger partial charge in [-0.25, -0.2) is 22.2 Å². The molecule has 164 valence electrons. The lowest BCUT2D eigenvalue weighted by molar-refractivity contribution is 0.529. The van der Waals surface area contributed by atoms with E-state index >= 15 is 0 Å². The Hall–Kier alpha value is -1.74. The topological polar surface area (TPSA) is 50.3 Å². The minimum atomic E-state index is -3.56. The van der Waals surface area contributed by atoms with Gasteiger partial charge in [-0.2, -0.15) is 0 Å². The lowest BCUT2D eigenvalue weighted by Crippen LogP contribution is -2.39. The highest BCUT2D eigenvalue weighted by atomic mass is 35.5. The number of anilines is 1. The monoisotopic (exact) mass is 502 g/mol. The van der Waals surface area contributed by atoms with Crippen molar-refractivity contribution in [3.05, 3.63) is 74.7 Å². The normalized spacial score (nSPS) is 15.4. The number of aromatic nitrogens is 1. The van der Waals surface area contributed by atoms with Gasteiger partial charge in [-0.05, 0) is 48.7 Å². The van der Waals surface area contributed by atoms with Crippen LogP contribution >= 0.6 is 34.5 Å². The van der Waals surface area contributed by atoms with Gasteiger partial charge >= 0.3 is 0 Å². The molecule has 0 atom stereocenters. The van der Waals surface area contributed by atoms with E-state index in [2.05, 4.69) is 4.98 Å². The van der Waals surface area contributed by atoms with Crippen molar-refractivity contribution in [3.63, 3.8) is 0 Å². The summed E-state index contributed by atoms with van der Waals surface area (Å²) < 4.78 is 52.8. The Morgan fingerprint density at radius 1 is 1.06 bits per heavy atom. The fraction of sp³-hybridized carbons (Fsp3) is 0.286. The highest BCUT2D eigenvalue weighted by Gasteiger charge is 2.33. The van der Waals surface area contributed by atoms with E-state index < -0.39 is 26.7 Å². The predicted octanol–water partition coefficient (Wildman–Crippen LogP) is 5.76. The van der Waals surface area contributed by atoms with Gasteiger partial charge in [0.05, 0.1) is 20.9 Å². The Morgan fingerprint density at radius 3 is 2.39 bits per heavy atom. The first kappa shape index (κ1) is 22.5. The third kappa shape index (κ3) is 5.03. The molecule has 1 aromatic heterocycles. The minimum absolute atomic E-state index is 0.107. The molecule has 0 saturated carbocycles. The Balaban J connectivity index is 1.42. The van der Waals surface area contributed by atoms with Gasteiger partial charge in [-0.15, -0.1) is 11.3 Å². The van der Waals surface area contributed by atoms with Gasteiger partial charge in [0.15, 0.2) is 15.0 Å². The standard InChI is InChI=1S/C21H18Cl2F2N2O2S2/c22-14-1-2-20(19(23)10-14)31(28,29)18-3-5-27(6-4-18)21-26-17(12-30-21)9-13-7-15(24)11-16(25)8-13/h1-2,7-8,10-12,18H,3-6,9H2. The van der Waals surface area contributed by atoms with E-state index in [-0.39, 0.29) is 9.92 Å². The number of hydrogen-bond acceptors (Lipinski definition) is 5. The van der Waals surface area contributed by atoms with Crippen molar-refractivity contribution in [2.75, 3.05) is 18.0 Å². The molecule has 3 aromatic rings. The summed E-state index contributed by atoms with van der Waals surface area (Å²) in [4.78, 5) is 6.72. The van der Waals surface area contributed by atoms with Crippen LogP contribution in [0.4, 0.5) is 13.9 Å². The zero-order valence-corrected chi connectivity index (χ0v) is 19.3. The molecule has 4 rings (SSSR count). The van der Waals surface area contributed by atoms with E-state index in [1.54, 1.807) is 0 Å². The summed E-state index contributed by atoms with van der Waals surface area (Å²) in [7, 11) is -3.56. The molecule has 0 N–H and O–H groups in total. The maximum absolute atomic E-state index is 13.4. The van der Waals surface area contributed by atoms with Crippen molar-refractivity contribution < 1.29 is 17.2 Å². The van der Waals surface area contributed by atoms with Crippen LogP contribution in [0.15, 0.2) is 46.7 Å². The molecule has 0 amide bonds. The van der Waals surface area contributed by atoms with Crippen molar-refractivity contribution in [1.82, 2.24) is 4.98 Å². The third-order valence-corrected chi connectivity index (χ3v) is 9.13. The summed E-state index contributed by atoms with van der Waals surface area (Å²) >= 11 is 13.4. The number of thiazole rings is 1. The van der Waals surface area contributed by atoms with Crippen LogP contribution in [0.5, 0.6) is 0 Å². The Kier molecular flexibility index (Phi) is 6.53. The van der Waals surface area contributed by atoms with E-state index in [0.717, 1.165) is 11.2 Å². The minimum Gasteiger partial charge on any atom is -0.348 e. The van der Waals surface area contributed by atoms with Crippen LogP contribution in [-0.2, 0) is 16.3 Å². The highest BCUT2D eigenvalue weighted by Crippen LogP contribution is 2.33. The molecular formula is C21H18Cl2F2N2O2S2. The van der Waals surface area contributed by atoms with Gasteiger partial charge in [-0.3, -0.25) is 0 Å². The van der Waals surface area contributed by atoms with Crippen molar-refractivity contribution in [3.8, 4) is 0 Å². The average Bonchev–Trinajstić information content (AvgIpc) is 3.15. The smallest absolute Gasteiger partial charge is 0.185 e. The quantitative estimate of drug-likeness (QED) is 0.444. The molecule has 0 radical (unpaired) electrons. The largest absolute Gasteiger partial charge is 0.348 e. The van der Waals surface area contributed by atoms with Crippen LogP contribution < -0.4 is 4.90 Å². The molecule has 0 bridgehead atoms. The number of halogens is 4. The van der Waals surface area contributed by atoms with Gasteiger partial charge in [0.25, 0.3) is 0 Å². The second-order valence-corrected chi connectivity index (χ2v) is 11.3.